The Balaban J connectivity index is 1.84. The summed E-state index contributed by atoms with van der Waals surface area (Å²) < 4.78 is 32.4. The minimum absolute atomic E-state index is 0.0230. The van der Waals surface area contributed by atoms with Crippen LogP contribution in [0.1, 0.15) is 33.3 Å². The van der Waals surface area contributed by atoms with Gasteiger partial charge in [0.2, 0.25) is 10.0 Å². The molecule has 0 aromatic heterocycles. The van der Waals surface area contributed by atoms with E-state index in [4.69, 9.17) is 4.74 Å². The highest BCUT2D eigenvalue weighted by molar-refractivity contribution is 7.89. The Hall–Kier alpha value is -1.64. The molecule has 8 heteroatoms. The molecule has 0 saturated carbocycles. The predicted octanol–water partition coefficient (Wildman–Crippen LogP) is 1.57. The number of morpholine rings is 1. The van der Waals surface area contributed by atoms with Crippen LogP contribution in [0.5, 0.6) is 0 Å². The summed E-state index contributed by atoms with van der Waals surface area (Å²) in [5, 5.41) is 6.41. The van der Waals surface area contributed by atoms with Crippen molar-refractivity contribution in [3.05, 3.63) is 35.9 Å². The highest BCUT2D eigenvalue weighted by Crippen LogP contribution is 2.21. The predicted molar refractivity (Wildman–Crippen MR) is 114 cm³/mol. The molecule has 0 aliphatic carbocycles. The largest absolute Gasteiger partial charge is 0.373 e. The molecule has 1 aliphatic rings. The van der Waals surface area contributed by atoms with Gasteiger partial charge in [0.1, 0.15) is 0 Å². The van der Waals surface area contributed by atoms with Crippen LogP contribution in [-0.4, -0.2) is 69.9 Å². The van der Waals surface area contributed by atoms with Crippen molar-refractivity contribution in [2.24, 2.45) is 4.99 Å². The number of ether oxygens (including phenoxy) is 1. The van der Waals surface area contributed by atoms with E-state index in [1.807, 2.05) is 32.0 Å². The standard InChI is InChI=1S/C20H34N4O3S/c1-16-13-24(14-17(2)27-16)28(25,26)12-11-22-19(21-5)23-15-20(3,4)18-9-7-6-8-10-18/h6-10,16-17H,11-15H2,1-5H3,(H2,21,22,23). The van der Waals surface area contributed by atoms with Gasteiger partial charge in [0.05, 0.1) is 18.0 Å². The van der Waals surface area contributed by atoms with E-state index in [2.05, 4.69) is 41.6 Å². The zero-order chi connectivity index (χ0) is 20.8. The van der Waals surface area contributed by atoms with E-state index in [0.717, 1.165) is 0 Å². The molecule has 1 heterocycles. The van der Waals surface area contributed by atoms with Gasteiger partial charge in [-0.3, -0.25) is 4.99 Å². The Morgan fingerprint density at radius 2 is 1.79 bits per heavy atom. The Bertz CT molecular complexity index is 740. The molecule has 1 aromatic carbocycles. The van der Waals surface area contributed by atoms with Gasteiger partial charge in [0.25, 0.3) is 0 Å². The second-order valence-corrected chi connectivity index (χ2v) is 10.1. The molecule has 0 spiro atoms. The van der Waals surface area contributed by atoms with E-state index in [0.29, 0.717) is 32.1 Å². The normalized spacial score (nSPS) is 22.1. The average molecular weight is 411 g/mol. The number of hydrogen-bond acceptors (Lipinski definition) is 4. The van der Waals surface area contributed by atoms with Gasteiger partial charge in [-0.1, -0.05) is 44.2 Å². The number of benzene rings is 1. The van der Waals surface area contributed by atoms with Crippen molar-refractivity contribution in [1.82, 2.24) is 14.9 Å². The van der Waals surface area contributed by atoms with Crippen LogP contribution in [0.15, 0.2) is 35.3 Å². The molecule has 1 aliphatic heterocycles. The third-order valence-electron chi connectivity index (χ3n) is 4.91. The first-order chi connectivity index (χ1) is 13.1. The van der Waals surface area contributed by atoms with E-state index in [9.17, 15) is 8.42 Å². The number of sulfonamides is 1. The van der Waals surface area contributed by atoms with E-state index in [1.54, 1.807) is 7.05 Å². The Morgan fingerprint density at radius 3 is 2.36 bits per heavy atom. The van der Waals surface area contributed by atoms with E-state index >= 15 is 0 Å². The van der Waals surface area contributed by atoms with Crippen LogP contribution < -0.4 is 10.6 Å². The van der Waals surface area contributed by atoms with Crippen molar-refractivity contribution >= 4 is 16.0 Å². The third-order valence-corrected chi connectivity index (χ3v) is 6.71. The van der Waals surface area contributed by atoms with Crippen molar-refractivity contribution in [3.8, 4) is 0 Å². The first-order valence-electron chi connectivity index (χ1n) is 9.77. The molecule has 2 N–H and O–H groups in total. The molecule has 0 bridgehead atoms. The second-order valence-electron chi connectivity index (χ2n) is 7.99. The highest BCUT2D eigenvalue weighted by Gasteiger charge is 2.30. The molecule has 158 valence electrons. The van der Waals surface area contributed by atoms with Gasteiger partial charge in [0.15, 0.2) is 5.96 Å². The number of nitrogens with one attached hydrogen (secondary N) is 2. The Morgan fingerprint density at radius 1 is 1.18 bits per heavy atom. The van der Waals surface area contributed by atoms with Crippen molar-refractivity contribution in [1.29, 1.82) is 0 Å². The van der Waals surface area contributed by atoms with Crippen LogP contribution >= 0.6 is 0 Å². The van der Waals surface area contributed by atoms with Crippen molar-refractivity contribution < 1.29 is 13.2 Å². The summed E-state index contributed by atoms with van der Waals surface area (Å²) in [5.41, 5.74) is 1.15. The topological polar surface area (TPSA) is 83.0 Å². The van der Waals surface area contributed by atoms with Gasteiger partial charge in [-0.05, 0) is 19.4 Å². The molecule has 1 fully saturated rings. The molecular formula is C20H34N4O3S. The molecule has 1 saturated heterocycles. The van der Waals surface area contributed by atoms with E-state index in [-0.39, 0.29) is 23.4 Å². The highest BCUT2D eigenvalue weighted by atomic mass is 32.2. The van der Waals surface area contributed by atoms with Gasteiger partial charge >= 0.3 is 0 Å². The fourth-order valence-corrected chi connectivity index (χ4v) is 4.79. The van der Waals surface area contributed by atoms with Gasteiger partial charge < -0.3 is 15.4 Å². The number of guanidine groups is 1. The van der Waals surface area contributed by atoms with E-state index in [1.165, 1.54) is 9.87 Å². The second kappa shape index (κ2) is 9.71. The summed E-state index contributed by atoms with van der Waals surface area (Å²) in [5.74, 6) is 0.623. The van der Waals surface area contributed by atoms with Crippen LogP contribution in [0, 0.1) is 0 Å². The van der Waals surface area contributed by atoms with Crippen LogP contribution in [0.3, 0.4) is 0 Å². The van der Waals surface area contributed by atoms with Crippen LogP contribution in [0.4, 0.5) is 0 Å². The summed E-state index contributed by atoms with van der Waals surface area (Å²) >= 11 is 0. The van der Waals surface area contributed by atoms with Crippen molar-refractivity contribution in [2.75, 3.05) is 39.0 Å². The average Bonchev–Trinajstić information content (AvgIpc) is 2.64. The lowest BCUT2D eigenvalue weighted by atomic mass is 9.85. The molecule has 2 atom stereocenters. The van der Waals surface area contributed by atoms with Gasteiger partial charge in [-0.2, -0.15) is 4.31 Å². The lowest BCUT2D eigenvalue weighted by molar-refractivity contribution is -0.0440. The summed E-state index contributed by atoms with van der Waals surface area (Å²) in [7, 11) is -1.65. The summed E-state index contributed by atoms with van der Waals surface area (Å²) in [6.45, 7) is 9.92. The zero-order valence-corrected chi connectivity index (χ0v) is 18.4. The first kappa shape index (κ1) is 22.6. The van der Waals surface area contributed by atoms with Gasteiger partial charge in [-0.15, -0.1) is 0 Å². The maximum absolute atomic E-state index is 12.6. The lowest BCUT2D eigenvalue weighted by Gasteiger charge is -2.34. The number of nitrogens with zero attached hydrogens (tertiary/aromatic N) is 2. The van der Waals surface area contributed by atoms with Crippen LogP contribution in [-0.2, 0) is 20.2 Å². The molecule has 1 aromatic rings. The number of hydrogen-bond donors (Lipinski definition) is 2. The SMILES string of the molecule is CN=C(NCCS(=O)(=O)N1CC(C)OC(C)C1)NCC(C)(C)c1ccccc1. The van der Waals surface area contributed by atoms with Gasteiger partial charge in [-0.25, -0.2) is 8.42 Å². The molecule has 0 amide bonds. The lowest BCUT2D eigenvalue weighted by Crippen LogP contribution is -2.50. The minimum Gasteiger partial charge on any atom is -0.373 e. The van der Waals surface area contributed by atoms with Crippen LogP contribution in [0.25, 0.3) is 0 Å². The summed E-state index contributed by atoms with van der Waals surface area (Å²) in [6, 6.07) is 10.3. The Labute approximate surface area is 169 Å². The quantitative estimate of drug-likeness (QED) is 0.527. The summed E-state index contributed by atoms with van der Waals surface area (Å²) in [4.78, 5) is 4.21. The molecule has 2 unspecified atom stereocenters. The fraction of sp³-hybridized carbons (Fsp3) is 0.650. The van der Waals surface area contributed by atoms with E-state index < -0.39 is 10.0 Å². The molecular weight excluding hydrogens is 376 g/mol. The number of rotatable bonds is 7. The maximum atomic E-state index is 12.6. The molecule has 7 nitrogen and oxygen atoms in total. The smallest absolute Gasteiger partial charge is 0.216 e. The Kier molecular flexibility index (Phi) is 7.86. The van der Waals surface area contributed by atoms with Gasteiger partial charge in [0, 0.05) is 38.6 Å². The third kappa shape index (κ3) is 6.46. The summed E-state index contributed by atoms with van der Waals surface area (Å²) in [6.07, 6.45) is -0.165. The maximum Gasteiger partial charge on any atom is 0.216 e. The fourth-order valence-electron chi connectivity index (χ4n) is 3.30. The van der Waals surface area contributed by atoms with Crippen LogP contribution in [0.2, 0.25) is 0 Å². The molecule has 2 rings (SSSR count). The minimum atomic E-state index is -3.33. The van der Waals surface area contributed by atoms with Crippen molar-refractivity contribution in [3.63, 3.8) is 0 Å². The monoisotopic (exact) mass is 410 g/mol. The van der Waals surface area contributed by atoms with Crippen molar-refractivity contribution in [2.45, 2.75) is 45.3 Å². The molecule has 0 radical (unpaired) electrons. The number of aliphatic imine (C=N–C) groups is 1. The molecule has 28 heavy (non-hydrogen) atoms. The zero-order valence-electron chi connectivity index (χ0n) is 17.6. The first-order valence-corrected chi connectivity index (χ1v) is 11.4.